The van der Waals surface area contributed by atoms with E-state index in [9.17, 15) is 0 Å². The third-order valence-electron chi connectivity index (χ3n) is 5.44. The van der Waals surface area contributed by atoms with E-state index in [4.69, 9.17) is 0 Å². The molecule has 0 aliphatic carbocycles. The second-order valence-electron chi connectivity index (χ2n) is 8.10. The Hall–Kier alpha value is -1.11. The number of thiophene rings is 1. The van der Waals surface area contributed by atoms with Gasteiger partial charge >= 0.3 is 0 Å². The van der Waals surface area contributed by atoms with Crippen molar-refractivity contribution >= 4 is 17.3 Å². The standard InChI is InChI=1S/C21H39N5S/c1-17(2)26(18(3)4)13-10-23-21(22-5)24-15-19-8-11-25(12-9-19)16-20-7-6-14-27-20/h6-7,14,17-19H,8-13,15-16H2,1-5H3,(H2,22,23,24). The number of nitrogens with zero attached hydrogens (tertiary/aromatic N) is 3. The molecule has 27 heavy (non-hydrogen) atoms. The van der Waals surface area contributed by atoms with Gasteiger partial charge in [-0.3, -0.25) is 14.8 Å². The molecule has 1 aliphatic rings. The maximum absolute atomic E-state index is 4.39. The van der Waals surface area contributed by atoms with Crippen molar-refractivity contribution in [2.24, 2.45) is 10.9 Å². The molecule has 2 heterocycles. The van der Waals surface area contributed by atoms with E-state index in [1.165, 1.54) is 30.8 Å². The third kappa shape index (κ3) is 7.80. The Labute approximate surface area is 170 Å². The first-order valence-corrected chi connectivity index (χ1v) is 11.3. The molecule has 0 atom stereocenters. The van der Waals surface area contributed by atoms with E-state index >= 15 is 0 Å². The Balaban J connectivity index is 1.63. The largest absolute Gasteiger partial charge is 0.356 e. The summed E-state index contributed by atoms with van der Waals surface area (Å²) < 4.78 is 0. The number of aliphatic imine (C=N–C) groups is 1. The van der Waals surface area contributed by atoms with Crippen LogP contribution in [0.3, 0.4) is 0 Å². The molecule has 1 saturated heterocycles. The molecular formula is C21H39N5S. The third-order valence-corrected chi connectivity index (χ3v) is 6.30. The quantitative estimate of drug-likeness (QED) is 0.499. The lowest BCUT2D eigenvalue weighted by Crippen LogP contribution is -2.46. The van der Waals surface area contributed by atoms with Crippen LogP contribution in [0.1, 0.15) is 45.4 Å². The van der Waals surface area contributed by atoms with Gasteiger partial charge in [-0.25, -0.2) is 0 Å². The van der Waals surface area contributed by atoms with Crippen LogP contribution in [-0.4, -0.2) is 67.6 Å². The Morgan fingerprint density at radius 1 is 1.22 bits per heavy atom. The fraction of sp³-hybridized carbons (Fsp3) is 0.762. The smallest absolute Gasteiger partial charge is 0.191 e. The summed E-state index contributed by atoms with van der Waals surface area (Å²) in [5.41, 5.74) is 0. The molecule has 0 bridgehead atoms. The van der Waals surface area contributed by atoms with Crippen LogP contribution in [0.25, 0.3) is 0 Å². The van der Waals surface area contributed by atoms with Gasteiger partial charge in [-0.05, 0) is 71.0 Å². The molecule has 5 nitrogen and oxygen atoms in total. The lowest BCUT2D eigenvalue weighted by molar-refractivity contribution is 0.177. The zero-order valence-electron chi connectivity index (χ0n) is 17.9. The normalized spacial score (nSPS) is 17.3. The van der Waals surface area contributed by atoms with Crippen LogP contribution in [0.4, 0.5) is 0 Å². The first-order valence-electron chi connectivity index (χ1n) is 10.4. The molecule has 0 radical (unpaired) electrons. The SMILES string of the molecule is CN=C(NCCN(C(C)C)C(C)C)NCC1CCN(Cc2cccs2)CC1. The molecule has 1 fully saturated rings. The highest BCUT2D eigenvalue weighted by Gasteiger charge is 2.20. The summed E-state index contributed by atoms with van der Waals surface area (Å²) in [4.78, 5) is 11.0. The van der Waals surface area contributed by atoms with Gasteiger partial charge in [0, 0.05) is 50.2 Å². The second kappa shape index (κ2) is 11.7. The van der Waals surface area contributed by atoms with E-state index in [0.717, 1.165) is 38.1 Å². The van der Waals surface area contributed by atoms with E-state index in [0.29, 0.717) is 12.1 Å². The van der Waals surface area contributed by atoms with Crippen LogP contribution in [0, 0.1) is 5.92 Å². The number of likely N-dealkylation sites (tertiary alicyclic amines) is 1. The summed E-state index contributed by atoms with van der Waals surface area (Å²) in [6.07, 6.45) is 2.54. The predicted molar refractivity (Wildman–Crippen MR) is 119 cm³/mol. The number of rotatable bonds is 9. The zero-order chi connectivity index (χ0) is 19.6. The molecule has 0 unspecified atom stereocenters. The molecule has 1 aliphatic heterocycles. The maximum atomic E-state index is 4.39. The van der Waals surface area contributed by atoms with Gasteiger partial charge in [0.25, 0.3) is 0 Å². The first kappa shape index (κ1) is 22.2. The van der Waals surface area contributed by atoms with Gasteiger partial charge in [0.15, 0.2) is 5.96 Å². The van der Waals surface area contributed by atoms with Crippen molar-refractivity contribution in [1.29, 1.82) is 0 Å². The molecule has 2 rings (SSSR count). The molecule has 154 valence electrons. The van der Waals surface area contributed by atoms with Crippen molar-refractivity contribution in [1.82, 2.24) is 20.4 Å². The van der Waals surface area contributed by atoms with Crippen LogP contribution in [0.2, 0.25) is 0 Å². The minimum Gasteiger partial charge on any atom is -0.356 e. The Kier molecular flexibility index (Phi) is 9.59. The summed E-state index contributed by atoms with van der Waals surface area (Å²) in [6.45, 7) is 15.5. The van der Waals surface area contributed by atoms with Crippen molar-refractivity contribution in [3.05, 3.63) is 22.4 Å². The Bertz CT molecular complexity index is 525. The Morgan fingerprint density at radius 3 is 2.48 bits per heavy atom. The molecule has 0 spiro atoms. The van der Waals surface area contributed by atoms with E-state index in [1.807, 2.05) is 18.4 Å². The van der Waals surface area contributed by atoms with E-state index < -0.39 is 0 Å². The van der Waals surface area contributed by atoms with Crippen LogP contribution in [-0.2, 0) is 6.54 Å². The molecule has 1 aromatic heterocycles. The highest BCUT2D eigenvalue weighted by molar-refractivity contribution is 7.09. The van der Waals surface area contributed by atoms with Crippen LogP contribution >= 0.6 is 11.3 Å². The molecule has 1 aromatic rings. The van der Waals surface area contributed by atoms with Crippen LogP contribution < -0.4 is 10.6 Å². The van der Waals surface area contributed by atoms with Gasteiger partial charge in [0.05, 0.1) is 0 Å². The van der Waals surface area contributed by atoms with Crippen molar-refractivity contribution < 1.29 is 0 Å². The van der Waals surface area contributed by atoms with Crippen LogP contribution in [0.5, 0.6) is 0 Å². The number of hydrogen-bond donors (Lipinski definition) is 2. The van der Waals surface area contributed by atoms with Gasteiger partial charge in [-0.15, -0.1) is 11.3 Å². The van der Waals surface area contributed by atoms with E-state index in [2.05, 4.69) is 70.6 Å². The number of piperidine rings is 1. The second-order valence-corrected chi connectivity index (χ2v) is 9.14. The minimum absolute atomic E-state index is 0.570. The van der Waals surface area contributed by atoms with Gasteiger partial charge in [0.2, 0.25) is 0 Å². The van der Waals surface area contributed by atoms with Gasteiger partial charge in [0.1, 0.15) is 0 Å². The average molecular weight is 394 g/mol. The van der Waals surface area contributed by atoms with Gasteiger partial charge in [-0.1, -0.05) is 6.07 Å². The summed E-state index contributed by atoms with van der Waals surface area (Å²) >= 11 is 1.87. The molecular weight excluding hydrogens is 354 g/mol. The van der Waals surface area contributed by atoms with Gasteiger partial charge < -0.3 is 10.6 Å². The first-order chi connectivity index (χ1) is 13.0. The van der Waals surface area contributed by atoms with Crippen LogP contribution in [0.15, 0.2) is 22.5 Å². The Morgan fingerprint density at radius 2 is 1.93 bits per heavy atom. The zero-order valence-corrected chi connectivity index (χ0v) is 18.7. The van der Waals surface area contributed by atoms with Crippen molar-refractivity contribution in [2.45, 2.75) is 59.2 Å². The molecule has 2 N–H and O–H groups in total. The number of hydrogen-bond acceptors (Lipinski definition) is 4. The van der Waals surface area contributed by atoms with E-state index in [1.54, 1.807) is 0 Å². The predicted octanol–water partition coefficient (Wildman–Crippen LogP) is 3.24. The maximum Gasteiger partial charge on any atom is 0.191 e. The molecule has 0 amide bonds. The number of nitrogens with one attached hydrogen (secondary N) is 2. The number of guanidine groups is 1. The molecule has 0 saturated carbocycles. The molecule has 6 heteroatoms. The minimum atomic E-state index is 0.570. The summed E-state index contributed by atoms with van der Waals surface area (Å²) in [5.74, 6) is 1.68. The fourth-order valence-electron chi connectivity index (χ4n) is 3.85. The monoisotopic (exact) mass is 393 g/mol. The van der Waals surface area contributed by atoms with E-state index in [-0.39, 0.29) is 0 Å². The lowest BCUT2D eigenvalue weighted by Gasteiger charge is -2.32. The summed E-state index contributed by atoms with van der Waals surface area (Å²) in [5, 5.41) is 9.18. The molecule has 0 aromatic carbocycles. The highest BCUT2D eigenvalue weighted by Crippen LogP contribution is 2.20. The fourth-order valence-corrected chi connectivity index (χ4v) is 4.60. The van der Waals surface area contributed by atoms with Crippen molar-refractivity contribution in [3.8, 4) is 0 Å². The lowest BCUT2D eigenvalue weighted by atomic mass is 9.97. The highest BCUT2D eigenvalue weighted by atomic mass is 32.1. The summed E-state index contributed by atoms with van der Waals surface area (Å²) in [6, 6.07) is 5.53. The summed E-state index contributed by atoms with van der Waals surface area (Å²) in [7, 11) is 1.86. The van der Waals surface area contributed by atoms with Gasteiger partial charge in [-0.2, -0.15) is 0 Å². The topological polar surface area (TPSA) is 42.9 Å². The van der Waals surface area contributed by atoms with Crippen molar-refractivity contribution in [3.63, 3.8) is 0 Å². The average Bonchev–Trinajstić information content (AvgIpc) is 3.14. The van der Waals surface area contributed by atoms with Crippen molar-refractivity contribution in [2.75, 3.05) is 39.8 Å².